The predicted molar refractivity (Wildman–Crippen MR) is 150 cm³/mol. The number of likely N-dealkylation sites (tertiary alicyclic amines) is 2. The summed E-state index contributed by atoms with van der Waals surface area (Å²) in [6.45, 7) is 4.18. The monoisotopic (exact) mass is 580 g/mol. The molecule has 0 radical (unpaired) electrons. The summed E-state index contributed by atoms with van der Waals surface area (Å²) in [5.41, 5.74) is 2.02. The number of rotatable bonds is 12. The second-order valence-corrected chi connectivity index (χ2v) is 10.0. The van der Waals surface area contributed by atoms with Crippen molar-refractivity contribution in [2.24, 2.45) is 0 Å². The first-order valence-electron chi connectivity index (χ1n) is 14.0. The normalized spacial score (nSPS) is 18.3. The SMILES string of the molecule is CCOC(=O)C1CCC(=O)N1Cc1ccc(C(=O)c2ccc(CN3C(=O)CCC3C(=O)OCC)c(OC)c2)cc1OC. The second kappa shape index (κ2) is 13.5. The van der Waals surface area contributed by atoms with Gasteiger partial charge in [-0.15, -0.1) is 0 Å². The number of carbonyl (C=O) groups is 5. The maximum Gasteiger partial charge on any atom is 0.328 e. The largest absolute Gasteiger partial charge is 0.496 e. The number of amides is 2. The van der Waals surface area contributed by atoms with Crippen LogP contribution in [0.2, 0.25) is 0 Å². The first-order valence-corrected chi connectivity index (χ1v) is 14.0. The van der Waals surface area contributed by atoms with E-state index < -0.39 is 24.0 Å². The van der Waals surface area contributed by atoms with Crippen LogP contribution in [0.4, 0.5) is 0 Å². The molecule has 0 aromatic heterocycles. The average molecular weight is 581 g/mol. The summed E-state index contributed by atoms with van der Waals surface area (Å²) in [4.78, 5) is 66.2. The van der Waals surface area contributed by atoms with E-state index in [1.165, 1.54) is 24.0 Å². The van der Waals surface area contributed by atoms with E-state index in [0.717, 1.165) is 0 Å². The average Bonchev–Trinajstić information content (AvgIpc) is 3.54. The molecule has 0 aliphatic carbocycles. The molecule has 4 rings (SSSR count). The Morgan fingerprint density at radius 1 is 0.714 bits per heavy atom. The van der Waals surface area contributed by atoms with Crippen molar-refractivity contribution in [1.29, 1.82) is 0 Å². The number of ketones is 1. The van der Waals surface area contributed by atoms with Crippen molar-refractivity contribution in [3.8, 4) is 11.5 Å². The van der Waals surface area contributed by atoms with Gasteiger partial charge in [-0.25, -0.2) is 9.59 Å². The zero-order valence-corrected chi connectivity index (χ0v) is 24.3. The molecule has 42 heavy (non-hydrogen) atoms. The molecule has 2 heterocycles. The Morgan fingerprint density at radius 3 is 1.48 bits per heavy atom. The lowest BCUT2D eigenvalue weighted by atomic mass is 9.99. The molecule has 2 unspecified atom stereocenters. The van der Waals surface area contributed by atoms with Crippen LogP contribution < -0.4 is 9.47 Å². The van der Waals surface area contributed by atoms with Gasteiger partial charge < -0.3 is 28.7 Å². The van der Waals surface area contributed by atoms with E-state index in [1.54, 1.807) is 50.2 Å². The number of methoxy groups -OCH3 is 2. The molecule has 2 aromatic carbocycles. The highest BCUT2D eigenvalue weighted by atomic mass is 16.5. The zero-order valence-electron chi connectivity index (χ0n) is 24.3. The first-order chi connectivity index (χ1) is 20.2. The van der Waals surface area contributed by atoms with Crippen molar-refractivity contribution >= 4 is 29.5 Å². The van der Waals surface area contributed by atoms with E-state index in [1.807, 2.05) is 0 Å². The van der Waals surface area contributed by atoms with Gasteiger partial charge in [-0.2, -0.15) is 0 Å². The molecular formula is C31H36N2O9. The highest BCUT2D eigenvalue weighted by Gasteiger charge is 2.38. The minimum Gasteiger partial charge on any atom is -0.496 e. The van der Waals surface area contributed by atoms with Crippen LogP contribution in [-0.2, 0) is 41.7 Å². The number of nitrogens with zero attached hydrogens (tertiary/aromatic N) is 2. The van der Waals surface area contributed by atoms with Gasteiger partial charge >= 0.3 is 11.9 Å². The van der Waals surface area contributed by atoms with Gasteiger partial charge in [0.25, 0.3) is 0 Å². The van der Waals surface area contributed by atoms with Crippen molar-refractivity contribution in [2.45, 2.75) is 64.7 Å². The van der Waals surface area contributed by atoms with Crippen LogP contribution in [0.5, 0.6) is 11.5 Å². The van der Waals surface area contributed by atoms with Crippen molar-refractivity contribution < 1.29 is 42.9 Å². The lowest BCUT2D eigenvalue weighted by Crippen LogP contribution is -2.39. The molecule has 2 aromatic rings. The van der Waals surface area contributed by atoms with E-state index in [0.29, 0.717) is 46.6 Å². The van der Waals surface area contributed by atoms with Crippen LogP contribution >= 0.6 is 0 Å². The Bertz CT molecular complexity index is 1270. The molecule has 11 heteroatoms. The van der Waals surface area contributed by atoms with Crippen LogP contribution in [0.3, 0.4) is 0 Å². The highest BCUT2D eigenvalue weighted by molar-refractivity contribution is 6.09. The zero-order chi connectivity index (χ0) is 30.4. The third kappa shape index (κ3) is 6.40. The fraction of sp³-hybridized carbons (Fsp3) is 0.452. The quantitative estimate of drug-likeness (QED) is 0.275. The number of carbonyl (C=O) groups excluding carboxylic acids is 5. The number of hydrogen-bond acceptors (Lipinski definition) is 9. The van der Waals surface area contributed by atoms with Gasteiger partial charge in [0.1, 0.15) is 23.6 Å². The van der Waals surface area contributed by atoms with Crippen LogP contribution in [0.1, 0.15) is 66.6 Å². The summed E-state index contributed by atoms with van der Waals surface area (Å²) in [6.07, 6.45) is 1.30. The van der Waals surface area contributed by atoms with Gasteiger partial charge in [-0.05, 0) is 38.8 Å². The molecule has 0 N–H and O–H groups in total. The van der Waals surface area contributed by atoms with E-state index >= 15 is 0 Å². The summed E-state index contributed by atoms with van der Waals surface area (Å²) in [6, 6.07) is 8.60. The fourth-order valence-corrected chi connectivity index (χ4v) is 5.40. The van der Waals surface area contributed by atoms with Crippen LogP contribution in [0, 0.1) is 0 Å². The molecule has 11 nitrogen and oxygen atoms in total. The number of hydrogen-bond donors (Lipinski definition) is 0. The molecule has 2 aliphatic heterocycles. The Morgan fingerprint density at radius 2 is 1.12 bits per heavy atom. The summed E-state index contributed by atoms with van der Waals surface area (Å²) in [5.74, 6) is -0.631. The number of ether oxygens (including phenoxy) is 4. The Balaban J connectivity index is 1.53. The molecule has 2 atom stereocenters. The molecule has 0 spiro atoms. The van der Waals surface area contributed by atoms with Gasteiger partial charge in [0, 0.05) is 35.1 Å². The first kappa shape index (κ1) is 30.5. The number of esters is 2. The van der Waals surface area contributed by atoms with Gasteiger partial charge in [0.15, 0.2) is 5.78 Å². The van der Waals surface area contributed by atoms with Crippen molar-refractivity contribution in [2.75, 3.05) is 27.4 Å². The minimum atomic E-state index is -0.655. The van der Waals surface area contributed by atoms with Crippen molar-refractivity contribution in [3.05, 3.63) is 58.7 Å². The van der Waals surface area contributed by atoms with Crippen LogP contribution in [0.15, 0.2) is 36.4 Å². The van der Waals surface area contributed by atoms with E-state index in [4.69, 9.17) is 18.9 Å². The smallest absolute Gasteiger partial charge is 0.328 e. The van der Waals surface area contributed by atoms with E-state index in [9.17, 15) is 24.0 Å². The second-order valence-electron chi connectivity index (χ2n) is 10.0. The van der Waals surface area contributed by atoms with Crippen molar-refractivity contribution in [1.82, 2.24) is 9.80 Å². The molecule has 2 amide bonds. The minimum absolute atomic E-state index is 0.143. The van der Waals surface area contributed by atoms with Gasteiger partial charge in [-0.3, -0.25) is 14.4 Å². The lowest BCUT2D eigenvalue weighted by Gasteiger charge is -2.24. The third-order valence-electron chi connectivity index (χ3n) is 7.55. The van der Waals surface area contributed by atoms with E-state index in [2.05, 4.69) is 0 Å². The topological polar surface area (TPSA) is 129 Å². The van der Waals surface area contributed by atoms with Crippen LogP contribution in [-0.4, -0.2) is 78.9 Å². The summed E-state index contributed by atoms with van der Waals surface area (Å²) >= 11 is 0. The maximum absolute atomic E-state index is 13.5. The molecule has 0 bridgehead atoms. The predicted octanol–water partition coefficient (Wildman–Crippen LogP) is 3.04. The Kier molecular flexibility index (Phi) is 9.82. The standard InChI is InChI=1S/C31H36N2O9/c1-5-41-30(37)23-11-13-27(34)32(23)17-21-9-7-19(15-25(21)39-3)29(36)20-8-10-22(26(16-20)40-4)18-33-24(12-14-28(33)35)31(38)42-6-2/h7-10,15-16,23-24H,5-6,11-14,17-18H2,1-4H3. The lowest BCUT2D eigenvalue weighted by molar-refractivity contribution is -0.152. The van der Waals surface area contributed by atoms with Gasteiger partial charge in [0.05, 0.1) is 40.5 Å². The summed E-state index contributed by atoms with van der Waals surface area (Å²) in [7, 11) is 2.95. The van der Waals surface area contributed by atoms with Crippen LogP contribution in [0.25, 0.3) is 0 Å². The molecular weight excluding hydrogens is 544 g/mol. The number of benzene rings is 2. The van der Waals surface area contributed by atoms with Crippen molar-refractivity contribution in [3.63, 3.8) is 0 Å². The molecule has 2 fully saturated rings. The molecule has 224 valence electrons. The van der Waals surface area contributed by atoms with Gasteiger partial charge in [-0.1, -0.05) is 24.3 Å². The highest BCUT2D eigenvalue weighted by Crippen LogP contribution is 2.31. The fourth-order valence-electron chi connectivity index (χ4n) is 5.40. The Labute approximate surface area is 244 Å². The van der Waals surface area contributed by atoms with E-state index in [-0.39, 0.29) is 56.7 Å². The Hall–Kier alpha value is -4.41. The van der Waals surface area contributed by atoms with Gasteiger partial charge in [0.2, 0.25) is 11.8 Å². The summed E-state index contributed by atoms with van der Waals surface area (Å²) in [5, 5.41) is 0. The third-order valence-corrected chi connectivity index (χ3v) is 7.55. The molecule has 2 saturated heterocycles. The molecule has 0 saturated carbocycles. The maximum atomic E-state index is 13.5. The molecule has 2 aliphatic rings. The summed E-state index contributed by atoms with van der Waals surface area (Å²) < 4.78 is 21.4.